The minimum absolute atomic E-state index is 0.122. The molecule has 0 aromatic carbocycles. The summed E-state index contributed by atoms with van der Waals surface area (Å²) in [5.74, 6) is 6.22. The first-order valence-electron chi connectivity index (χ1n) is 14.0. The number of nitrogens with one attached hydrogen (secondary N) is 2. The van der Waals surface area contributed by atoms with Crippen LogP contribution in [-0.2, 0) is 14.3 Å². The molecule has 3 aliphatic rings. The lowest BCUT2D eigenvalue weighted by atomic mass is 9.86. The normalized spacial score (nSPS) is 22.0. The lowest BCUT2D eigenvalue weighted by Crippen LogP contribution is -2.55. The largest absolute Gasteiger partial charge is 0.388 e. The molecule has 0 aromatic rings. The maximum atomic E-state index is 13.2. The van der Waals surface area contributed by atoms with Gasteiger partial charge in [-0.2, -0.15) is 0 Å². The van der Waals surface area contributed by atoms with Crippen LogP contribution in [-0.4, -0.2) is 91.3 Å². The summed E-state index contributed by atoms with van der Waals surface area (Å²) >= 11 is 0. The van der Waals surface area contributed by atoms with Gasteiger partial charge in [0.15, 0.2) is 0 Å². The number of likely N-dealkylation sites (tertiary alicyclic amines) is 1. The molecule has 0 bridgehead atoms. The number of hydrogen-bond donors (Lipinski definition) is 3. The maximum Gasteiger partial charge on any atom is 0.322 e. The van der Waals surface area contributed by atoms with Gasteiger partial charge < -0.3 is 25.0 Å². The quantitative estimate of drug-likeness (QED) is 0.155. The van der Waals surface area contributed by atoms with E-state index in [1.165, 1.54) is 0 Å². The Labute approximate surface area is 243 Å². The lowest BCUT2D eigenvalue weighted by Gasteiger charge is -2.32. The Morgan fingerprint density at radius 1 is 1.32 bits per heavy atom. The summed E-state index contributed by atoms with van der Waals surface area (Å²) in [7, 11) is 3.70. The zero-order valence-electron chi connectivity index (χ0n) is 24.3. The molecule has 9 nitrogen and oxygen atoms in total. The average Bonchev–Trinajstić information content (AvgIpc) is 3.09. The molecule has 2 aliphatic heterocycles. The van der Waals surface area contributed by atoms with Gasteiger partial charge in [0.25, 0.3) is 5.91 Å². The predicted molar refractivity (Wildman–Crippen MR) is 159 cm³/mol. The van der Waals surface area contributed by atoms with Gasteiger partial charge in [-0.05, 0) is 63.4 Å². The molecule has 3 atom stereocenters. The number of hydrogen-bond acceptors (Lipinski definition) is 6. The topological polar surface area (TPSA) is 111 Å². The van der Waals surface area contributed by atoms with Crippen molar-refractivity contribution >= 4 is 18.3 Å². The second-order valence-corrected chi connectivity index (χ2v) is 10.8. The minimum atomic E-state index is -1.13. The van der Waals surface area contributed by atoms with Crippen LogP contribution >= 0.6 is 0 Å². The summed E-state index contributed by atoms with van der Waals surface area (Å²) in [4.78, 5) is 40.2. The summed E-state index contributed by atoms with van der Waals surface area (Å²) < 4.78 is 5.34. The first kappa shape index (κ1) is 31.8. The van der Waals surface area contributed by atoms with Crippen LogP contribution in [0.1, 0.15) is 32.6 Å². The first-order chi connectivity index (χ1) is 19.7. The fraction of sp³-hybridized carbons (Fsp3) is 0.469. The maximum absolute atomic E-state index is 13.2. The Morgan fingerprint density at radius 2 is 2.05 bits per heavy atom. The van der Waals surface area contributed by atoms with E-state index < -0.39 is 17.7 Å². The van der Waals surface area contributed by atoms with Crippen LogP contribution in [0.5, 0.6) is 0 Å². The number of methoxy groups -OCH3 is 1. The Morgan fingerprint density at radius 3 is 2.73 bits per heavy atom. The number of urea groups is 1. The van der Waals surface area contributed by atoms with Crippen molar-refractivity contribution in [1.29, 1.82) is 0 Å². The number of aliphatic hydroxyl groups is 1. The van der Waals surface area contributed by atoms with E-state index >= 15 is 0 Å². The van der Waals surface area contributed by atoms with Crippen molar-refractivity contribution in [2.45, 2.75) is 50.4 Å². The molecule has 1 saturated heterocycles. The number of piperidine rings is 1. The van der Waals surface area contributed by atoms with Gasteiger partial charge in [0.1, 0.15) is 5.54 Å². The molecule has 0 radical (unpaired) electrons. The summed E-state index contributed by atoms with van der Waals surface area (Å²) in [5, 5.41) is 15.9. The van der Waals surface area contributed by atoms with Crippen molar-refractivity contribution in [3.8, 4) is 11.8 Å². The van der Waals surface area contributed by atoms with Gasteiger partial charge in [-0.15, -0.1) is 6.58 Å². The summed E-state index contributed by atoms with van der Waals surface area (Å²) in [6.45, 7) is 7.92. The van der Waals surface area contributed by atoms with E-state index in [0.717, 1.165) is 37.1 Å². The molecule has 220 valence electrons. The third-order valence-electron chi connectivity index (χ3n) is 7.49. The Hall–Kier alpha value is -3.71. The Kier molecular flexibility index (Phi) is 11.9. The zero-order chi connectivity index (χ0) is 29.8. The highest BCUT2D eigenvalue weighted by Crippen LogP contribution is 2.27. The Balaban J connectivity index is 1.71. The number of ether oxygens (including phenoxy) is 1. The number of rotatable bonds is 11. The molecule has 0 aromatic heterocycles. The van der Waals surface area contributed by atoms with Crippen molar-refractivity contribution < 1.29 is 24.2 Å². The van der Waals surface area contributed by atoms with Crippen LogP contribution < -0.4 is 10.6 Å². The van der Waals surface area contributed by atoms with E-state index in [1.54, 1.807) is 31.1 Å². The summed E-state index contributed by atoms with van der Waals surface area (Å²) in [6, 6.07) is -0.702. The molecule has 41 heavy (non-hydrogen) atoms. The highest BCUT2D eigenvalue weighted by molar-refractivity contribution is 6.00. The lowest BCUT2D eigenvalue weighted by molar-refractivity contribution is -0.125. The number of carbonyl (C=O) groups is 3. The Bertz CT molecular complexity index is 1200. The second-order valence-electron chi connectivity index (χ2n) is 10.8. The van der Waals surface area contributed by atoms with E-state index in [-0.39, 0.29) is 24.5 Å². The van der Waals surface area contributed by atoms with E-state index in [1.807, 2.05) is 36.5 Å². The van der Waals surface area contributed by atoms with E-state index in [9.17, 15) is 19.5 Å². The summed E-state index contributed by atoms with van der Waals surface area (Å²) in [6.07, 6.45) is 17.4. The third kappa shape index (κ3) is 9.15. The van der Waals surface area contributed by atoms with Gasteiger partial charge in [-0.3, -0.25) is 14.9 Å². The smallest absolute Gasteiger partial charge is 0.322 e. The van der Waals surface area contributed by atoms with Crippen LogP contribution in [0.2, 0.25) is 0 Å². The van der Waals surface area contributed by atoms with Gasteiger partial charge in [0.05, 0.1) is 18.8 Å². The number of imide groups is 1. The third-order valence-corrected chi connectivity index (χ3v) is 7.49. The van der Waals surface area contributed by atoms with Crippen LogP contribution in [0, 0.1) is 17.8 Å². The van der Waals surface area contributed by atoms with Crippen LogP contribution in [0.4, 0.5) is 4.79 Å². The second kappa shape index (κ2) is 15.3. The number of amides is 4. The van der Waals surface area contributed by atoms with Gasteiger partial charge in [-0.1, -0.05) is 60.4 Å². The minimum Gasteiger partial charge on any atom is -0.388 e. The molecule has 4 amide bonds. The highest BCUT2D eigenvalue weighted by Gasteiger charge is 2.35. The SMILES string of the molecule is C=CC/C=C(\C=C/CC#C[C@](C)(CN1CC2=C(C=CC(OC)C=C2)C1=O)NC(=O)NC=O)C(O)C1CCN(C)CC1. The van der Waals surface area contributed by atoms with E-state index in [4.69, 9.17) is 4.74 Å². The van der Waals surface area contributed by atoms with Crippen molar-refractivity contribution in [1.82, 2.24) is 20.4 Å². The predicted octanol–water partition coefficient (Wildman–Crippen LogP) is 2.64. The summed E-state index contributed by atoms with van der Waals surface area (Å²) in [5.41, 5.74) is 1.17. The molecular formula is C32H42N4O5. The molecule has 3 N–H and O–H groups in total. The molecule has 0 spiro atoms. The highest BCUT2D eigenvalue weighted by atomic mass is 16.5. The fourth-order valence-electron chi connectivity index (χ4n) is 5.20. The molecule has 1 fully saturated rings. The van der Waals surface area contributed by atoms with Crippen molar-refractivity contribution in [2.75, 3.05) is 40.3 Å². The molecule has 0 saturated carbocycles. The van der Waals surface area contributed by atoms with Crippen LogP contribution in [0.15, 0.2) is 71.9 Å². The molecule has 3 rings (SSSR count). The zero-order valence-corrected chi connectivity index (χ0v) is 24.3. The first-order valence-corrected chi connectivity index (χ1v) is 14.0. The van der Waals surface area contributed by atoms with E-state index in [0.29, 0.717) is 31.4 Å². The molecule has 2 unspecified atom stereocenters. The van der Waals surface area contributed by atoms with E-state index in [2.05, 4.69) is 41.0 Å². The van der Waals surface area contributed by atoms with Crippen molar-refractivity contribution in [3.63, 3.8) is 0 Å². The molecule has 1 aliphatic carbocycles. The van der Waals surface area contributed by atoms with Crippen LogP contribution in [0.25, 0.3) is 0 Å². The fourth-order valence-corrected chi connectivity index (χ4v) is 5.20. The van der Waals surface area contributed by atoms with Gasteiger partial charge in [0.2, 0.25) is 6.41 Å². The average molecular weight is 563 g/mol. The molecule has 9 heteroatoms. The van der Waals surface area contributed by atoms with Gasteiger partial charge in [0, 0.05) is 25.6 Å². The number of carbonyl (C=O) groups excluding carboxylic acids is 3. The van der Waals surface area contributed by atoms with Crippen LogP contribution in [0.3, 0.4) is 0 Å². The van der Waals surface area contributed by atoms with Gasteiger partial charge >= 0.3 is 6.03 Å². The molecular weight excluding hydrogens is 520 g/mol. The van der Waals surface area contributed by atoms with Crippen molar-refractivity contribution in [2.24, 2.45) is 5.92 Å². The number of allylic oxidation sites excluding steroid dienone is 3. The monoisotopic (exact) mass is 562 g/mol. The molecule has 2 heterocycles. The standard InChI is InChI=1S/C32H42N4O5/c1-5-6-10-24(29(38)25-16-19-35(3)20-17-25)11-8-7-9-18-32(2,34-31(40)33-23-37)22-36-21-26-12-13-27(41-4)14-15-28(26)30(36)39/h5,8,10-15,23,25,27,29,38H,1,6-7,16-17,19-22H2,2-4H3,(H2,33,34,37,40)/b11-8-,24-10+/t27?,29?,32-/m1/s1. The number of aliphatic hydroxyl groups excluding tert-OH is 1. The number of nitrogens with zero attached hydrogens (tertiary/aromatic N) is 2. The van der Waals surface area contributed by atoms with Crippen molar-refractivity contribution in [3.05, 3.63) is 71.9 Å². The van der Waals surface area contributed by atoms with Gasteiger partial charge in [-0.25, -0.2) is 4.79 Å².